The Hall–Kier alpha value is -2.12. The molecule has 5 nitrogen and oxygen atoms in total. The number of pyridine rings is 1. The lowest BCUT2D eigenvalue weighted by Crippen LogP contribution is -2.09. The van der Waals surface area contributed by atoms with Crippen molar-refractivity contribution in [3.8, 4) is 0 Å². The van der Waals surface area contributed by atoms with Crippen molar-refractivity contribution < 1.29 is 17.7 Å². The van der Waals surface area contributed by atoms with Gasteiger partial charge in [0.15, 0.2) is 5.82 Å². The van der Waals surface area contributed by atoms with E-state index in [2.05, 4.69) is 25.0 Å². The van der Waals surface area contributed by atoms with Crippen LogP contribution in [0.5, 0.6) is 0 Å². The molecule has 0 saturated heterocycles. The average molecular weight is 258 g/mol. The molecule has 0 amide bonds. The SMILES string of the molecule is FC(F)(F)c1ccc(NCCc2ncon2)nc1. The summed E-state index contributed by atoms with van der Waals surface area (Å²) in [5, 5.41) is 6.46. The minimum absolute atomic E-state index is 0.367. The maximum atomic E-state index is 12.3. The van der Waals surface area contributed by atoms with Gasteiger partial charge in [0.25, 0.3) is 0 Å². The van der Waals surface area contributed by atoms with Crippen LogP contribution in [0.15, 0.2) is 29.2 Å². The van der Waals surface area contributed by atoms with E-state index in [4.69, 9.17) is 0 Å². The largest absolute Gasteiger partial charge is 0.417 e. The number of nitrogens with one attached hydrogen (secondary N) is 1. The third kappa shape index (κ3) is 3.19. The maximum absolute atomic E-state index is 12.3. The predicted molar refractivity (Wildman–Crippen MR) is 55.7 cm³/mol. The minimum Gasteiger partial charge on any atom is -0.370 e. The second kappa shape index (κ2) is 5.03. The first kappa shape index (κ1) is 12.3. The molecule has 0 bridgehead atoms. The van der Waals surface area contributed by atoms with Crippen LogP contribution in [0.25, 0.3) is 0 Å². The maximum Gasteiger partial charge on any atom is 0.417 e. The van der Waals surface area contributed by atoms with Crippen molar-refractivity contribution in [3.05, 3.63) is 36.1 Å². The van der Waals surface area contributed by atoms with Crippen molar-refractivity contribution in [1.29, 1.82) is 0 Å². The van der Waals surface area contributed by atoms with E-state index in [1.807, 2.05) is 0 Å². The second-order valence-electron chi connectivity index (χ2n) is 3.45. The fourth-order valence-corrected chi connectivity index (χ4v) is 1.27. The summed E-state index contributed by atoms with van der Waals surface area (Å²) in [6.45, 7) is 0.456. The summed E-state index contributed by atoms with van der Waals surface area (Å²) in [4.78, 5) is 7.48. The molecule has 2 aromatic heterocycles. The van der Waals surface area contributed by atoms with Crippen LogP contribution in [-0.4, -0.2) is 21.7 Å². The van der Waals surface area contributed by atoms with Crippen LogP contribution in [0, 0.1) is 0 Å². The van der Waals surface area contributed by atoms with E-state index in [0.29, 0.717) is 24.6 Å². The topological polar surface area (TPSA) is 63.8 Å². The number of alkyl halides is 3. The van der Waals surface area contributed by atoms with Gasteiger partial charge in [-0.3, -0.25) is 0 Å². The van der Waals surface area contributed by atoms with E-state index < -0.39 is 11.7 Å². The number of anilines is 1. The highest BCUT2D eigenvalue weighted by atomic mass is 19.4. The fourth-order valence-electron chi connectivity index (χ4n) is 1.27. The van der Waals surface area contributed by atoms with Gasteiger partial charge in [-0.1, -0.05) is 5.16 Å². The monoisotopic (exact) mass is 258 g/mol. The Kier molecular flexibility index (Phi) is 3.45. The molecule has 0 unspecified atom stereocenters. The van der Waals surface area contributed by atoms with Crippen molar-refractivity contribution in [2.24, 2.45) is 0 Å². The molecule has 0 aliphatic carbocycles. The van der Waals surface area contributed by atoms with Crippen LogP contribution < -0.4 is 5.32 Å². The van der Waals surface area contributed by atoms with Gasteiger partial charge in [0.1, 0.15) is 5.82 Å². The summed E-state index contributed by atoms with van der Waals surface area (Å²) in [5.74, 6) is 0.890. The zero-order chi connectivity index (χ0) is 13.0. The highest BCUT2D eigenvalue weighted by Crippen LogP contribution is 2.28. The molecule has 2 rings (SSSR count). The normalized spacial score (nSPS) is 11.5. The van der Waals surface area contributed by atoms with Gasteiger partial charge in [-0.05, 0) is 12.1 Å². The number of nitrogens with zero attached hydrogens (tertiary/aromatic N) is 3. The molecule has 0 aliphatic heterocycles. The first-order valence-corrected chi connectivity index (χ1v) is 5.08. The number of rotatable bonds is 4. The van der Waals surface area contributed by atoms with Gasteiger partial charge in [-0.15, -0.1) is 0 Å². The van der Waals surface area contributed by atoms with E-state index in [9.17, 15) is 13.2 Å². The van der Waals surface area contributed by atoms with Crippen molar-refractivity contribution in [3.63, 3.8) is 0 Å². The molecule has 0 aromatic carbocycles. The smallest absolute Gasteiger partial charge is 0.370 e. The van der Waals surface area contributed by atoms with E-state index in [0.717, 1.165) is 12.3 Å². The summed E-state index contributed by atoms with van der Waals surface area (Å²) in [6, 6.07) is 2.25. The molecule has 8 heteroatoms. The molecule has 0 saturated carbocycles. The van der Waals surface area contributed by atoms with Gasteiger partial charge in [-0.2, -0.15) is 18.2 Å². The summed E-state index contributed by atoms with van der Waals surface area (Å²) >= 11 is 0. The number of halogens is 3. The van der Waals surface area contributed by atoms with Crippen LogP contribution >= 0.6 is 0 Å². The summed E-state index contributed by atoms with van der Waals surface area (Å²) in [6.07, 6.45) is -1.86. The highest BCUT2D eigenvalue weighted by molar-refractivity contribution is 5.36. The van der Waals surface area contributed by atoms with Gasteiger partial charge in [0.05, 0.1) is 5.56 Å². The molecular weight excluding hydrogens is 249 g/mol. The fraction of sp³-hybridized carbons (Fsp3) is 0.300. The van der Waals surface area contributed by atoms with Crippen LogP contribution in [0.1, 0.15) is 11.4 Å². The van der Waals surface area contributed by atoms with Crippen molar-refractivity contribution >= 4 is 5.82 Å². The Morgan fingerprint density at radius 3 is 2.61 bits per heavy atom. The van der Waals surface area contributed by atoms with Gasteiger partial charge >= 0.3 is 6.18 Å². The molecule has 0 atom stereocenters. The Bertz CT molecular complexity index is 481. The number of hydrogen-bond acceptors (Lipinski definition) is 5. The molecule has 2 aromatic rings. The summed E-state index contributed by atoms with van der Waals surface area (Å²) in [5.41, 5.74) is -0.772. The first-order valence-electron chi connectivity index (χ1n) is 5.08. The molecule has 0 fully saturated rings. The van der Waals surface area contributed by atoms with Crippen molar-refractivity contribution in [1.82, 2.24) is 15.1 Å². The molecule has 96 valence electrons. The van der Waals surface area contributed by atoms with E-state index in [1.165, 1.54) is 12.5 Å². The van der Waals surface area contributed by atoms with Gasteiger partial charge in [0, 0.05) is 19.2 Å². The Morgan fingerprint density at radius 2 is 2.06 bits per heavy atom. The van der Waals surface area contributed by atoms with E-state index in [1.54, 1.807) is 0 Å². The van der Waals surface area contributed by atoms with Gasteiger partial charge in [-0.25, -0.2) is 4.98 Å². The standard InChI is InChI=1S/C10H9F3N4O/c11-10(12,13)7-1-2-8(15-5-7)14-4-3-9-16-6-18-17-9/h1-2,5-6H,3-4H2,(H,14,15). The van der Waals surface area contributed by atoms with E-state index >= 15 is 0 Å². The zero-order valence-electron chi connectivity index (χ0n) is 9.11. The van der Waals surface area contributed by atoms with Crippen molar-refractivity contribution in [2.45, 2.75) is 12.6 Å². The Morgan fingerprint density at radius 1 is 1.22 bits per heavy atom. The lowest BCUT2D eigenvalue weighted by Gasteiger charge is -2.07. The third-order valence-corrected chi connectivity index (χ3v) is 2.15. The molecule has 1 N–H and O–H groups in total. The Balaban J connectivity index is 1.87. The summed E-state index contributed by atoms with van der Waals surface area (Å²) in [7, 11) is 0. The molecule has 18 heavy (non-hydrogen) atoms. The van der Waals surface area contributed by atoms with Gasteiger partial charge < -0.3 is 9.84 Å². The van der Waals surface area contributed by atoms with Gasteiger partial charge in [0.2, 0.25) is 6.39 Å². The summed E-state index contributed by atoms with van der Waals surface area (Å²) < 4.78 is 41.4. The highest BCUT2D eigenvalue weighted by Gasteiger charge is 2.30. The van der Waals surface area contributed by atoms with E-state index in [-0.39, 0.29) is 0 Å². The lowest BCUT2D eigenvalue weighted by molar-refractivity contribution is -0.137. The first-order chi connectivity index (χ1) is 8.55. The molecular formula is C10H9F3N4O. The number of hydrogen-bond donors (Lipinski definition) is 1. The predicted octanol–water partition coefficient (Wildman–Crippen LogP) is 2.14. The average Bonchev–Trinajstić information content (AvgIpc) is 2.82. The molecule has 2 heterocycles. The molecule has 0 spiro atoms. The quantitative estimate of drug-likeness (QED) is 0.910. The zero-order valence-corrected chi connectivity index (χ0v) is 9.11. The molecule has 0 aliphatic rings. The van der Waals surface area contributed by atoms with Crippen LogP contribution in [0.3, 0.4) is 0 Å². The number of aromatic nitrogens is 3. The van der Waals surface area contributed by atoms with Crippen LogP contribution in [-0.2, 0) is 12.6 Å². The second-order valence-corrected chi connectivity index (χ2v) is 3.45. The lowest BCUT2D eigenvalue weighted by atomic mass is 10.3. The Labute approximate surface area is 100 Å². The minimum atomic E-state index is -4.36. The van der Waals surface area contributed by atoms with Crippen LogP contribution in [0.2, 0.25) is 0 Å². The molecule has 0 radical (unpaired) electrons. The van der Waals surface area contributed by atoms with Crippen molar-refractivity contribution in [2.75, 3.05) is 11.9 Å². The third-order valence-electron chi connectivity index (χ3n) is 2.15. The van der Waals surface area contributed by atoms with Crippen LogP contribution in [0.4, 0.5) is 19.0 Å².